The molecule has 0 amide bonds. The van der Waals surface area contributed by atoms with Crippen molar-refractivity contribution in [3.05, 3.63) is 47.5 Å². The smallest absolute Gasteiger partial charge is 0.521 e. The molecule has 0 unspecified atom stereocenters. The van der Waals surface area contributed by atoms with Crippen molar-refractivity contribution >= 4 is 22.7 Å². The van der Waals surface area contributed by atoms with Crippen molar-refractivity contribution in [3.8, 4) is 0 Å². The number of carboxylic acid groups (broad SMARTS) is 2. The SMILES string of the molecule is O=C(O)c1[c-]cc2cc(C(=O)O)ccc2c1.[Na+]. The average molecular weight is 238 g/mol. The molecule has 0 fully saturated rings. The molecule has 2 rings (SSSR count). The van der Waals surface area contributed by atoms with Gasteiger partial charge in [0.2, 0.25) is 5.97 Å². The fourth-order valence-corrected chi connectivity index (χ4v) is 1.44. The summed E-state index contributed by atoms with van der Waals surface area (Å²) in [5, 5.41) is 18.9. The summed E-state index contributed by atoms with van der Waals surface area (Å²) < 4.78 is 0. The Morgan fingerprint density at radius 2 is 1.71 bits per heavy atom. The molecule has 0 saturated heterocycles. The van der Waals surface area contributed by atoms with E-state index < -0.39 is 11.9 Å². The van der Waals surface area contributed by atoms with Gasteiger partial charge in [0.1, 0.15) is 0 Å². The summed E-state index contributed by atoms with van der Waals surface area (Å²) in [7, 11) is 0. The van der Waals surface area contributed by atoms with Gasteiger partial charge in [-0.2, -0.15) is 0 Å². The van der Waals surface area contributed by atoms with Gasteiger partial charge in [-0.1, -0.05) is 23.1 Å². The number of benzene rings is 2. The van der Waals surface area contributed by atoms with E-state index in [1.165, 1.54) is 24.3 Å². The molecule has 0 aliphatic heterocycles. The Kier molecular flexibility index (Phi) is 4.28. The second-order valence-corrected chi connectivity index (χ2v) is 3.30. The Balaban J connectivity index is 0.00000144. The fraction of sp³-hybridized carbons (Fsp3) is 0. The molecule has 4 nitrogen and oxygen atoms in total. The molecular formula is C12H7NaO4. The van der Waals surface area contributed by atoms with Gasteiger partial charge in [-0.3, -0.25) is 0 Å². The summed E-state index contributed by atoms with van der Waals surface area (Å²) in [6, 6.07) is 10.0. The Labute approximate surface area is 119 Å². The van der Waals surface area contributed by atoms with Crippen LogP contribution in [0.3, 0.4) is 0 Å². The molecule has 0 radical (unpaired) electrons. The normalized spacial score (nSPS) is 9.65. The Bertz CT molecular complexity index is 539. The quantitative estimate of drug-likeness (QED) is 0.522. The number of aromatic carboxylic acids is 2. The predicted molar refractivity (Wildman–Crippen MR) is 56.7 cm³/mol. The molecule has 0 atom stereocenters. The van der Waals surface area contributed by atoms with E-state index in [2.05, 4.69) is 6.07 Å². The van der Waals surface area contributed by atoms with Crippen LogP contribution < -0.4 is 29.6 Å². The van der Waals surface area contributed by atoms with Gasteiger partial charge in [0.15, 0.2) is 0 Å². The maximum Gasteiger partial charge on any atom is 1.00 e. The molecule has 2 aromatic carbocycles. The van der Waals surface area contributed by atoms with Crippen LogP contribution in [0.2, 0.25) is 0 Å². The topological polar surface area (TPSA) is 74.6 Å². The van der Waals surface area contributed by atoms with Gasteiger partial charge in [-0.05, 0) is 6.07 Å². The van der Waals surface area contributed by atoms with Crippen molar-refractivity contribution in [3.63, 3.8) is 0 Å². The summed E-state index contributed by atoms with van der Waals surface area (Å²) >= 11 is 0. The monoisotopic (exact) mass is 238 g/mol. The molecule has 2 aromatic rings. The van der Waals surface area contributed by atoms with Gasteiger partial charge in [-0.25, -0.2) is 4.79 Å². The molecule has 17 heavy (non-hydrogen) atoms. The molecule has 0 aliphatic rings. The van der Waals surface area contributed by atoms with Gasteiger partial charge < -0.3 is 15.0 Å². The molecule has 0 heterocycles. The van der Waals surface area contributed by atoms with Crippen LogP contribution in [-0.2, 0) is 0 Å². The molecule has 0 aliphatic carbocycles. The molecule has 0 saturated carbocycles. The van der Waals surface area contributed by atoms with Gasteiger partial charge in [0.05, 0.1) is 5.56 Å². The van der Waals surface area contributed by atoms with Crippen LogP contribution >= 0.6 is 0 Å². The predicted octanol–water partition coefficient (Wildman–Crippen LogP) is -0.960. The molecule has 5 heteroatoms. The molecule has 0 aromatic heterocycles. The van der Waals surface area contributed by atoms with Crippen molar-refractivity contribution in [2.24, 2.45) is 0 Å². The first kappa shape index (κ1) is 13.7. The summed E-state index contributed by atoms with van der Waals surface area (Å²) in [4.78, 5) is 21.4. The van der Waals surface area contributed by atoms with E-state index in [0.29, 0.717) is 10.8 Å². The third-order valence-electron chi connectivity index (χ3n) is 2.25. The van der Waals surface area contributed by atoms with Crippen molar-refractivity contribution in [2.45, 2.75) is 0 Å². The Morgan fingerprint density at radius 3 is 2.29 bits per heavy atom. The van der Waals surface area contributed by atoms with E-state index in [1.54, 1.807) is 6.07 Å². The zero-order chi connectivity index (χ0) is 11.7. The number of fused-ring (bicyclic) bond motifs is 1. The minimum absolute atomic E-state index is 0. The third-order valence-corrected chi connectivity index (χ3v) is 2.25. The third kappa shape index (κ3) is 2.85. The molecule has 0 bridgehead atoms. The van der Waals surface area contributed by atoms with Crippen molar-refractivity contribution < 1.29 is 49.4 Å². The summed E-state index contributed by atoms with van der Waals surface area (Å²) in [6.45, 7) is 0. The van der Waals surface area contributed by atoms with E-state index in [0.717, 1.165) is 0 Å². The van der Waals surface area contributed by atoms with Crippen LogP contribution in [0.15, 0.2) is 30.3 Å². The van der Waals surface area contributed by atoms with E-state index in [9.17, 15) is 9.59 Å². The van der Waals surface area contributed by atoms with E-state index >= 15 is 0 Å². The second kappa shape index (κ2) is 5.31. The van der Waals surface area contributed by atoms with Gasteiger partial charge in [-0.15, -0.1) is 23.6 Å². The average Bonchev–Trinajstić information content (AvgIpc) is 2.27. The van der Waals surface area contributed by atoms with Crippen molar-refractivity contribution in [2.75, 3.05) is 0 Å². The van der Waals surface area contributed by atoms with Crippen LogP contribution in [-0.4, -0.2) is 22.2 Å². The van der Waals surface area contributed by atoms with Crippen LogP contribution in [0.25, 0.3) is 10.8 Å². The van der Waals surface area contributed by atoms with Crippen molar-refractivity contribution in [1.82, 2.24) is 0 Å². The second-order valence-electron chi connectivity index (χ2n) is 3.30. The maximum atomic E-state index is 10.7. The summed E-state index contributed by atoms with van der Waals surface area (Å²) in [6.07, 6.45) is 0. The maximum absolute atomic E-state index is 10.7. The number of hydrogen-bond donors (Lipinski definition) is 2. The Hall–Kier alpha value is -1.36. The number of hydrogen-bond acceptors (Lipinski definition) is 2. The van der Waals surface area contributed by atoms with Crippen LogP contribution in [0.5, 0.6) is 0 Å². The number of carboxylic acids is 2. The molecule has 80 valence electrons. The van der Waals surface area contributed by atoms with Gasteiger partial charge in [0, 0.05) is 0 Å². The first-order valence-electron chi connectivity index (χ1n) is 4.50. The first-order chi connectivity index (χ1) is 7.58. The summed E-state index contributed by atoms with van der Waals surface area (Å²) in [5.41, 5.74) is 0.236. The molecule has 2 N–H and O–H groups in total. The summed E-state index contributed by atoms with van der Waals surface area (Å²) in [5.74, 6) is -2.06. The zero-order valence-electron chi connectivity index (χ0n) is 9.10. The first-order valence-corrected chi connectivity index (χ1v) is 4.50. The standard InChI is InChI=1S/C12H7O4.Na/c13-11(14)9-3-1-7-5-10(12(15)16)4-2-8(7)6-9;/h1-3,5-6H,(H,13,14)(H,15,16);/q-1;+1. The van der Waals surface area contributed by atoms with E-state index in [4.69, 9.17) is 10.2 Å². The van der Waals surface area contributed by atoms with Crippen LogP contribution in [0.4, 0.5) is 0 Å². The minimum atomic E-state index is -1.05. The van der Waals surface area contributed by atoms with E-state index in [1.807, 2.05) is 0 Å². The van der Waals surface area contributed by atoms with Crippen LogP contribution in [0, 0.1) is 6.07 Å². The van der Waals surface area contributed by atoms with Gasteiger partial charge >= 0.3 is 35.5 Å². The van der Waals surface area contributed by atoms with Gasteiger partial charge in [0.25, 0.3) is 0 Å². The zero-order valence-corrected chi connectivity index (χ0v) is 11.1. The van der Waals surface area contributed by atoms with Crippen molar-refractivity contribution in [1.29, 1.82) is 0 Å². The van der Waals surface area contributed by atoms with Crippen LogP contribution in [0.1, 0.15) is 20.7 Å². The fourth-order valence-electron chi connectivity index (χ4n) is 1.44. The van der Waals surface area contributed by atoms with E-state index in [-0.39, 0.29) is 40.7 Å². The Morgan fingerprint density at radius 1 is 1.00 bits per heavy atom. The minimum Gasteiger partial charge on any atom is -0.521 e. The number of carbonyl (C=O) groups is 2. The number of rotatable bonds is 2. The molecule has 0 spiro atoms. The molecular weight excluding hydrogens is 231 g/mol. The largest absolute Gasteiger partial charge is 1.00 e.